The average molecular weight is 379 g/mol. The van der Waals surface area contributed by atoms with Gasteiger partial charge in [0.05, 0.1) is 18.9 Å². The van der Waals surface area contributed by atoms with Crippen molar-refractivity contribution in [2.75, 3.05) is 36.5 Å². The van der Waals surface area contributed by atoms with Gasteiger partial charge in [-0.05, 0) is 52.3 Å². The molecule has 120 valence electrons. The molecule has 6 heteroatoms. The van der Waals surface area contributed by atoms with Crippen molar-refractivity contribution in [3.8, 4) is 0 Å². The molecular weight excluding hydrogens is 363 g/mol. The molecule has 4 nitrogen and oxygen atoms in total. The van der Waals surface area contributed by atoms with E-state index in [2.05, 4.69) is 26.1 Å². The summed E-state index contributed by atoms with van der Waals surface area (Å²) in [4.78, 5) is 14.4. The van der Waals surface area contributed by atoms with Crippen molar-refractivity contribution in [3.05, 3.63) is 58.3 Å². The van der Waals surface area contributed by atoms with Gasteiger partial charge in [-0.1, -0.05) is 6.07 Å². The normalized spacial score (nSPS) is 14.6. The summed E-state index contributed by atoms with van der Waals surface area (Å²) in [6, 6.07) is 11.3. The number of nitrogens with one attached hydrogen (secondary N) is 1. The van der Waals surface area contributed by atoms with Gasteiger partial charge in [0, 0.05) is 28.8 Å². The predicted molar refractivity (Wildman–Crippen MR) is 91.5 cm³/mol. The van der Waals surface area contributed by atoms with E-state index >= 15 is 0 Å². The first-order chi connectivity index (χ1) is 11.1. The number of benzene rings is 2. The molecule has 0 bridgehead atoms. The number of morpholine rings is 1. The second-order valence-corrected chi connectivity index (χ2v) is 6.08. The van der Waals surface area contributed by atoms with Crippen molar-refractivity contribution >= 4 is 33.2 Å². The van der Waals surface area contributed by atoms with Gasteiger partial charge in [-0.3, -0.25) is 4.79 Å². The minimum atomic E-state index is -0.429. The largest absolute Gasteiger partial charge is 0.378 e. The van der Waals surface area contributed by atoms with Crippen molar-refractivity contribution < 1.29 is 13.9 Å². The van der Waals surface area contributed by atoms with Crippen LogP contribution in [0.4, 0.5) is 15.8 Å². The monoisotopic (exact) mass is 378 g/mol. The highest BCUT2D eigenvalue weighted by Crippen LogP contribution is 2.30. The van der Waals surface area contributed by atoms with Gasteiger partial charge in [-0.15, -0.1) is 0 Å². The highest BCUT2D eigenvalue weighted by Gasteiger charge is 2.15. The summed E-state index contributed by atoms with van der Waals surface area (Å²) in [5, 5.41) is 2.78. The topological polar surface area (TPSA) is 41.6 Å². The van der Waals surface area contributed by atoms with Crippen molar-refractivity contribution in [2.45, 2.75) is 0 Å². The van der Waals surface area contributed by atoms with Crippen molar-refractivity contribution in [1.82, 2.24) is 0 Å². The van der Waals surface area contributed by atoms with Crippen molar-refractivity contribution in [3.63, 3.8) is 0 Å². The number of hydrogen-bond acceptors (Lipinski definition) is 3. The molecule has 1 fully saturated rings. The SMILES string of the molecule is O=C(Nc1ccc(N2CCOCC2)c(Br)c1)c1cccc(F)c1. The lowest BCUT2D eigenvalue weighted by atomic mass is 10.2. The molecule has 0 saturated carbocycles. The minimum absolute atomic E-state index is 0.290. The molecule has 1 aliphatic rings. The zero-order chi connectivity index (χ0) is 16.2. The molecule has 23 heavy (non-hydrogen) atoms. The summed E-state index contributed by atoms with van der Waals surface area (Å²) in [6.45, 7) is 3.11. The van der Waals surface area contributed by atoms with E-state index < -0.39 is 5.82 Å². The molecule has 1 saturated heterocycles. The first kappa shape index (κ1) is 16.0. The van der Waals surface area contributed by atoms with Gasteiger partial charge in [-0.25, -0.2) is 4.39 Å². The molecule has 0 unspecified atom stereocenters. The fraction of sp³-hybridized carbons (Fsp3) is 0.235. The minimum Gasteiger partial charge on any atom is -0.378 e. The van der Waals surface area contributed by atoms with Gasteiger partial charge < -0.3 is 15.0 Å². The Morgan fingerprint density at radius 2 is 1.96 bits per heavy atom. The third-order valence-electron chi connectivity index (χ3n) is 3.64. The summed E-state index contributed by atoms with van der Waals surface area (Å²) in [7, 11) is 0. The fourth-order valence-electron chi connectivity index (χ4n) is 2.48. The zero-order valence-electron chi connectivity index (χ0n) is 12.4. The number of halogens is 2. The van der Waals surface area contributed by atoms with Crippen LogP contribution in [-0.4, -0.2) is 32.2 Å². The molecule has 1 aliphatic heterocycles. The molecular formula is C17H16BrFN2O2. The van der Waals surface area contributed by atoms with Crippen LogP contribution in [0.25, 0.3) is 0 Å². The summed E-state index contributed by atoms with van der Waals surface area (Å²) < 4.78 is 19.4. The number of anilines is 2. The second-order valence-electron chi connectivity index (χ2n) is 5.23. The Kier molecular flexibility index (Phi) is 4.93. The molecule has 1 heterocycles. The van der Waals surface area contributed by atoms with E-state index in [1.807, 2.05) is 18.2 Å². The van der Waals surface area contributed by atoms with Crippen LogP contribution in [0, 0.1) is 5.82 Å². The molecule has 3 rings (SSSR count). The van der Waals surface area contributed by atoms with Crippen LogP contribution in [0.5, 0.6) is 0 Å². The van der Waals surface area contributed by atoms with E-state index in [4.69, 9.17) is 4.74 Å². The molecule has 2 aromatic carbocycles. The van der Waals surface area contributed by atoms with Crippen LogP contribution in [0.15, 0.2) is 46.9 Å². The number of amides is 1. The van der Waals surface area contributed by atoms with Gasteiger partial charge in [-0.2, -0.15) is 0 Å². The van der Waals surface area contributed by atoms with Crippen LogP contribution in [0.1, 0.15) is 10.4 Å². The maximum Gasteiger partial charge on any atom is 0.255 e. The molecule has 2 aromatic rings. The first-order valence-corrected chi connectivity index (χ1v) is 8.12. The Bertz CT molecular complexity index is 717. The van der Waals surface area contributed by atoms with Gasteiger partial charge in [0.1, 0.15) is 5.82 Å². The highest BCUT2D eigenvalue weighted by molar-refractivity contribution is 9.10. The third-order valence-corrected chi connectivity index (χ3v) is 4.28. The Hall–Kier alpha value is -1.92. The molecule has 0 radical (unpaired) electrons. The molecule has 0 atom stereocenters. The van der Waals surface area contributed by atoms with Crippen LogP contribution in [0.2, 0.25) is 0 Å². The quantitative estimate of drug-likeness (QED) is 0.885. The lowest BCUT2D eigenvalue weighted by Crippen LogP contribution is -2.36. The zero-order valence-corrected chi connectivity index (χ0v) is 14.0. The van der Waals surface area contributed by atoms with E-state index in [1.165, 1.54) is 18.2 Å². The molecule has 1 N–H and O–H groups in total. The Labute approximate surface area is 142 Å². The highest BCUT2D eigenvalue weighted by atomic mass is 79.9. The summed E-state index contributed by atoms with van der Waals surface area (Å²) in [5.41, 5.74) is 2.01. The lowest BCUT2D eigenvalue weighted by Gasteiger charge is -2.29. The Balaban J connectivity index is 1.73. The molecule has 0 aromatic heterocycles. The number of nitrogens with zero attached hydrogens (tertiary/aromatic N) is 1. The number of ether oxygens (including phenoxy) is 1. The Morgan fingerprint density at radius 1 is 1.17 bits per heavy atom. The fourth-order valence-corrected chi connectivity index (χ4v) is 3.11. The average Bonchev–Trinajstić information content (AvgIpc) is 2.56. The van der Waals surface area contributed by atoms with Gasteiger partial charge in [0.15, 0.2) is 0 Å². The molecule has 1 amide bonds. The predicted octanol–water partition coefficient (Wildman–Crippen LogP) is 3.68. The number of carbonyl (C=O) groups excluding carboxylic acids is 1. The summed E-state index contributed by atoms with van der Waals surface area (Å²) in [6.07, 6.45) is 0. The smallest absolute Gasteiger partial charge is 0.255 e. The van der Waals surface area contributed by atoms with Gasteiger partial charge in [0.2, 0.25) is 0 Å². The third kappa shape index (κ3) is 3.89. The summed E-state index contributed by atoms with van der Waals surface area (Å²) in [5.74, 6) is -0.767. The maximum atomic E-state index is 13.2. The van der Waals surface area contributed by atoms with E-state index in [-0.39, 0.29) is 5.91 Å². The van der Waals surface area contributed by atoms with E-state index in [0.717, 1.165) is 23.2 Å². The molecule has 0 spiro atoms. The first-order valence-electron chi connectivity index (χ1n) is 7.32. The van der Waals surface area contributed by atoms with E-state index in [0.29, 0.717) is 24.5 Å². The number of rotatable bonds is 3. The van der Waals surface area contributed by atoms with Gasteiger partial charge in [0.25, 0.3) is 5.91 Å². The van der Waals surface area contributed by atoms with Gasteiger partial charge >= 0.3 is 0 Å². The Morgan fingerprint density at radius 3 is 2.65 bits per heavy atom. The molecule has 0 aliphatic carbocycles. The van der Waals surface area contributed by atoms with Crippen LogP contribution in [-0.2, 0) is 4.74 Å². The van der Waals surface area contributed by atoms with Crippen molar-refractivity contribution in [2.24, 2.45) is 0 Å². The van der Waals surface area contributed by atoms with Crippen LogP contribution < -0.4 is 10.2 Å². The number of hydrogen-bond donors (Lipinski definition) is 1. The van der Waals surface area contributed by atoms with Crippen molar-refractivity contribution in [1.29, 1.82) is 0 Å². The lowest BCUT2D eigenvalue weighted by molar-refractivity contribution is 0.102. The van der Waals surface area contributed by atoms with E-state index in [9.17, 15) is 9.18 Å². The second kappa shape index (κ2) is 7.10. The van der Waals surface area contributed by atoms with Crippen LogP contribution in [0.3, 0.4) is 0 Å². The summed E-state index contributed by atoms with van der Waals surface area (Å²) >= 11 is 3.55. The van der Waals surface area contributed by atoms with E-state index in [1.54, 1.807) is 6.07 Å². The number of carbonyl (C=O) groups is 1. The maximum absolute atomic E-state index is 13.2. The standard InChI is InChI=1S/C17H16BrFN2O2/c18-15-11-14(4-5-16(15)21-6-8-23-9-7-21)20-17(22)12-2-1-3-13(19)10-12/h1-5,10-11H,6-9H2,(H,20,22). The van der Waals surface area contributed by atoms with Crippen LogP contribution >= 0.6 is 15.9 Å².